The van der Waals surface area contributed by atoms with Crippen LogP contribution >= 0.6 is 0 Å². The highest BCUT2D eigenvalue weighted by Gasteiger charge is 2.34. The highest BCUT2D eigenvalue weighted by molar-refractivity contribution is 5.52. The van der Waals surface area contributed by atoms with Crippen LogP contribution in [0.4, 0.5) is 0 Å². The molecule has 1 aliphatic heterocycles. The molecule has 1 atom stereocenters. The van der Waals surface area contributed by atoms with E-state index >= 15 is 0 Å². The summed E-state index contributed by atoms with van der Waals surface area (Å²) < 4.78 is 1.89. The Bertz CT molecular complexity index is 694. The van der Waals surface area contributed by atoms with Crippen molar-refractivity contribution in [2.24, 2.45) is 7.05 Å². The molecule has 2 aromatic rings. The molecule has 0 bridgehead atoms. The summed E-state index contributed by atoms with van der Waals surface area (Å²) >= 11 is 0. The maximum Gasteiger partial charge on any atom is 0.135 e. The lowest BCUT2D eigenvalue weighted by molar-refractivity contribution is -0.0292. The molecular formula is C19H26N4O. The number of rotatable bonds is 5. The number of β-amino-alcohol motifs (C(OH)–C–C–N with tert-alkyl or cyclic N) is 1. The molecule has 24 heavy (non-hydrogen) atoms. The van der Waals surface area contributed by atoms with Crippen LogP contribution in [-0.4, -0.2) is 50.0 Å². The van der Waals surface area contributed by atoms with Crippen LogP contribution < -0.4 is 0 Å². The molecule has 1 fully saturated rings. The maximum atomic E-state index is 11.0. The monoisotopic (exact) mass is 326 g/mol. The molecule has 5 heteroatoms. The average molecular weight is 326 g/mol. The molecule has 0 amide bonds. The molecular weight excluding hydrogens is 300 g/mol. The Morgan fingerprint density at radius 3 is 2.83 bits per heavy atom. The van der Waals surface area contributed by atoms with Crippen LogP contribution in [0.25, 0.3) is 6.08 Å². The molecule has 0 spiro atoms. The molecule has 1 N–H and O–H groups in total. The second-order valence-corrected chi connectivity index (χ2v) is 6.97. The lowest BCUT2D eigenvalue weighted by atomic mass is 9.89. The van der Waals surface area contributed by atoms with Gasteiger partial charge in [-0.25, -0.2) is 0 Å². The zero-order valence-electron chi connectivity index (χ0n) is 14.5. The second kappa shape index (κ2) is 7.28. The summed E-state index contributed by atoms with van der Waals surface area (Å²) in [7, 11) is 1.92. The Kier molecular flexibility index (Phi) is 5.11. The van der Waals surface area contributed by atoms with Gasteiger partial charge in [-0.15, -0.1) is 10.2 Å². The summed E-state index contributed by atoms with van der Waals surface area (Å²) in [6.07, 6.45) is 6.29. The highest BCUT2D eigenvalue weighted by Crippen LogP contribution is 2.25. The van der Waals surface area contributed by atoms with Crippen LogP contribution in [0.2, 0.25) is 0 Å². The first-order valence-electron chi connectivity index (χ1n) is 8.54. The van der Waals surface area contributed by atoms with Crippen LogP contribution in [0.15, 0.2) is 42.2 Å². The number of benzene rings is 1. The normalized spacial score (nSPS) is 22.7. The summed E-state index contributed by atoms with van der Waals surface area (Å²) in [4.78, 5) is 2.34. The van der Waals surface area contributed by atoms with Crippen molar-refractivity contribution in [1.82, 2.24) is 19.7 Å². The number of piperidine rings is 1. The Morgan fingerprint density at radius 2 is 2.12 bits per heavy atom. The van der Waals surface area contributed by atoms with Crippen LogP contribution in [0.3, 0.4) is 0 Å². The van der Waals surface area contributed by atoms with Gasteiger partial charge in [0.05, 0.1) is 5.60 Å². The smallest absolute Gasteiger partial charge is 0.135 e. The van der Waals surface area contributed by atoms with Gasteiger partial charge in [-0.1, -0.05) is 42.0 Å². The quantitative estimate of drug-likeness (QED) is 0.916. The standard InChI is InChI=1S/C19H26N4O/c1-16(11-17-7-4-3-5-8-17)13-23-10-6-9-19(24,14-23)12-18-21-20-15-22(18)2/h3-5,7-8,11,15,24H,6,9-10,12-14H2,1-2H3/b16-11+. The molecule has 3 rings (SSSR count). The molecule has 1 unspecified atom stereocenters. The van der Waals surface area contributed by atoms with Crippen molar-refractivity contribution in [2.45, 2.75) is 31.8 Å². The Morgan fingerprint density at radius 1 is 1.33 bits per heavy atom. The number of aryl methyl sites for hydroxylation is 1. The lowest BCUT2D eigenvalue weighted by Gasteiger charge is -2.39. The van der Waals surface area contributed by atoms with Crippen molar-refractivity contribution in [2.75, 3.05) is 19.6 Å². The van der Waals surface area contributed by atoms with Gasteiger partial charge < -0.3 is 9.67 Å². The van der Waals surface area contributed by atoms with Crippen LogP contribution in [-0.2, 0) is 13.5 Å². The highest BCUT2D eigenvalue weighted by atomic mass is 16.3. The summed E-state index contributed by atoms with van der Waals surface area (Å²) in [6, 6.07) is 10.4. The van der Waals surface area contributed by atoms with E-state index in [9.17, 15) is 5.11 Å². The topological polar surface area (TPSA) is 54.2 Å². The first-order chi connectivity index (χ1) is 11.5. The van der Waals surface area contributed by atoms with Crippen molar-refractivity contribution in [3.63, 3.8) is 0 Å². The number of nitrogens with zero attached hydrogens (tertiary/aromatic N) is 4. The van der Waals surface area contributed by atoms with Gasteiger partial charge in [0.15, 0.2) is 0 Å². The summed E-state index contributed by atoms with van der Waals surface area (Å²) in [5, 5.41) is 19.0. The number of hydrogen-bond donors (Lipinski definition) is 1. The average Bonchev–Trinajstić information content (AvgIpc) is 2.92. The van der Waals surface area contributed by atoms with E-state index in [4.69, 9.17) is 0 Å². The van der Waals surface area contributed by atoms with Gasteiger partial charge in [-0.3, -0.25) is 4.90 Å². The van der Waals surface area contributed by atoms with Gasteiger partial charge in [0.1, 0.15) is 12.2 Å². The Labute approximate surface area is 143 Å². The fraction of sp³-hybridized carbons (Fsp3) is 0.474. The van der Waals surface area contributed by atoms with Crippen molar-refractivity contribution in [3.05, 3.63) is 53.6 Å². The Hall–Kier alpha value is -1.98. The lowest BCUT2D eigenvalue weighted by Crippen LogP contribution is -2.50. The molecule has 1 aromatic heterocycles. The minimum Gasteiger partial charge on any atom is -0.388 e. The summed E-state index contributed by atoms with van der Waals surface area (Å²) in [5.41, 5.74) is 1.82. The van der Waals surface area contributed by atoms with E-state index in [2.05, 4.69) is 52.4 Å². The number of likely N-dealkylation sites (tertiary alicyclic amines) is 1. The maximum absolute atomic E-state index is 11.0. The van der Waals surface area contributed by atoms with E-state index in [1.807, 2.05) is 17.7 Å². The molecule has 5 nitrogen and oxygen atoms in total. The SMILES string of the molecule is C/C(=C\c1ccccc1)CN1CCCC(O)(Cc2nncn2C)C1. The third kappa shape index (κ3) is 4.30. The fourth-order valence-corrected chi connectivity index (χ4v) is 3.48. The zero-order chi connectivity index (χ0) is 17.0. The van der Waals surface area contributed by atoms with E-state index in [0.717, 1.165) is 31.8 Å². The van der Waals surface area contributed by atoms with E-state index in [-0.39, 0.29) is 0 Å². The minimum atomic E-state index is -0.716. The van der Waals surface area contributed by atoms with Crippen LogP contribution in [0.1, 0.15) is 31.2 Å². The molecule has 128 valence electrons. The predicted molar refractivity (Wildman–Crippen MR) is 95.4 cm³/mol. The van der Waals surface area contributed by atoms with E-state index in [0.29, 0.717) is 13.0 Å². The largest absolute Gasteiger partial charge is 0.388 e. The van der Waals surface area contributed by atoms with Gasteiger partial charge in [0.25, 0.3) is 0 Å². The Balaban J connectivity index is 1.63. The van der Waals surface area contributed by atoms with E-state index < -0.39 is 5.60 Å². The zero-order valence-corrected chi connectivity index (χ0v) is 14.5. The van der Waals surface area contributed by atoms with Crippen molar-refractivity contribution >= 4 is 6.08 Å². The minimum absolute atomic E-state index is 0.557. The predicted octanol–water partition coefficient (Wildman–Crippen LogP) is 2.29. The first-order valence-corrected chi connectivity index (χ1v) is 8.54. The van der Waals surface area contributed by atoms with Crippen molar-refractivity contribution in [1.29, 1.82) is 0 Å². The van der Waals surface area contributed by atoms with Crippen LogP contribution in [0, 0.1) is 0 Å². The van der Waals surface area contributed by atoms with Crippen molar-refractivity contribution in [3.8, 4) is 0 Å². The second-order valence-electron chi connectivity index (χ2n) is 6.97. The van der Waals surface area contributed by atoms with Gasteiger partial charge >= 0.3 is 0 Å². The molecule has 0 saturated carbocycles. The third-order valence-corrected chi connectivity index (χ3v) is 4.61. The molecule has 0 aliphatic carbocycles. The first kappa shape index (κ1) is 16.9. The molecule has 1 aliphatic rings. The van der Waals surface area contributed by atoms with Gasteiger partial charge in [-0.2, -0.15) is 0 Å². The van der Waals surface area contributed by atoms with Gasteiger partial charge in [0, 0.05) is 26.6 Å². The number of hydrogen-bond acceptors (Lipinski definition) is 4. The molecule has 2 heterocycles. The summed E-state index contributed by atoms with van der Waals surface area (Å²) in [5.74, 6) is 0.843. The summed E-state index contributed by atoms with van der Waals surface area (Å²) in [6.45, 7) is 4.75. The van der Waals surface area contributed by atoms with E-state index in [1.54, 1.807) is 6.33 Å². The fourth-order valence-electron chi connectivity index (χ4n) is 3.48. The third-order valence-electron chi connectivity index (χ3n) is 4.61. The van der Waals surface area contributed by atoms with Crippen molar-refractivity contribution < 1.29 is 5.11 Å². The van der Waals surface area contributed by atoms with E-state index in [1.165, 1.54) is 11.1 Å². The van der Waals surface area contributed by atoms with Gasteiger partial charge in [-0.05, 0) is 31.9 Å². The molecule has 1 aromatic carbocycles. The number of aliphatic hydroxyl groups is 1. The van der Waals surface area contributed by atoms with Gasteiger partial charge in [0.2, 0.25) is 0 Å². The molecule has 1 saturated heterocycles. The number of aromatic nitrogens is 3. The van der Waals surface area contributed by atoms with Crippen LogP contribution in [0.5, 0.6) is 0 Å². The molecule has 0 radical (unpaired) electrons.